The maximum atomic E-state index is 8.89. The lowest BCUT2D eigenvalue weighted by Crippen LogP contribution is -2.04. The number of benzene rings is 1. The van der Waals surface area contributed by atoms with Crippen LogP contribution in [0.15, 0.2) is 36.8 Å². The highest BCUT2D eigenvalue weighted by Crippen LogP contribution is 2.31. The van der Waals surface area contributed by atoms with E-state index in [4.69, 9.17) is 5.26 Å². The third kappa shape index (κ3) is 1.31. The zero-order valence-electron chi connectivity index (χ0n) is 8.80. The molecule has 0 aliphatic carbocycles. The summed E-state index contributed by atoms with van der Waals surface area (Å²) in [5, 5.41) is 8.89. The molecule has 0 saturated heterocycles. The summed E-state index contributed by atoms with van der Waals surface area (Å²) in [5.74, 6) is 0. The van der Waals surface area contributed by atoms with E-state index in [2.05, 4.69) is 21.7 Å². The minimum atomic E-state index is 0.353. The Morgan fingerprint density at radius 2 is 2.38 bits per heavy atom. The molecule has 0 N–H and O–H groups in total. The quantitative estimate of drug-likeness (QED) is 0.723. The summed E-state index contributed by atoms with van der Waals surface area (Å²) in [7, 11) is 0. The molecule has 78 valence electrons. The molecule has 0 saturated carbocycles. The molecule has 1 aliphatic rings. The van der Waals surface area contributed by atoms with E-state index in [1.54, 1.807) is 0 Å². The van der Waals surface area contributed by atoms with E-state index >= 15 is 0 Å². The minimum absolute atomic E-state index is 0.353. The van der Waals surface area contributed by atoms with Gasteiger partial charge >= 0.3 is 0 Å². The first-order valence-electron chi connectivity index (χ1n) is 5.39. The van der Waals surface area contributed by atoms with E-state index in [0.717, 1.165) is 18.4 Å². The molecule has 1 unspecified atom stereocenters. The van der Waals surface area contributed by atoms with Crippen LogP contribution in [0.3, 0.4) is 0 Å². The Morgan fingerprint density at radius 3 is 3.25 bits per heavy atom. The molecular formula is C13H11N3. The van der Waals surface area contributed by atoms with Crippen LogP contribution < -0.4 is 0 Å². The number of rotatable bonds is 1. The summed E-state index contributed by atoms with van der Waals surface area (Å²) in [6.07, 6.45) is 5.98. The van der Waals surface area contributed by atoms with Crippen LogP contribution in [0.1, 0.15) is 29.3 Å². The van der Waals surface area contributed by atoms with Crippen LogP contribution in [-0.4, -0.2) is 9.55 Å². The van der Waals surface area contributed by atoms with Crippen molar-refractivity contribution in [3.63, 3.8) is 0 Å². The van der Waals surface area contributed by atoms with Gasteiger partial charge in [0.05, 0.1) is 24.0 Å². The Hall–Kier alpha value is -2.08. The monoisotopic (exact) mass is 209 g/mol. The standard InChI is InChI=1S/C13H11N3/c14-7-10-2-1-3-11(6-10)13-5-4-12-8-15-9-16(12)13/h1-3,6,8-9,13H,4-5H2. The minimum Gasteiger partial charge on any atom is -0.327 e. The molecule has 1 aromatic heterocycles. The molecule has 2 aromatic rings. The average Bonchev–Trinajstić information content (AvgIpc) is 2.90. The van der Waals surface area contributed by atoms with E-state index in [9.17, 15) is 0 Å². The Kier molecular flexibility index (Phi) is 2.00. The fourth-order valence-electron chi connectivity index (χ4n) is 2.37. The first-order chi connectivity index (χ1) is 7.88. The van der Waals surface area contributed by atoms with E-state index in [1.807, 2.05) is 30.7 Å². The highest BCUT2D eigenvalue weighted by atomic mass is 15.1. The second-order valence-corrected chi connectivity index (χ2v) is 4.08. The van der Waals surface area contributed by atoms with Crippen molar-refractivity contribution in [2.24, 2.45) is 0 Å². The molecule has 3 nitrogen and oxygen atoms in total. The van der Waals surface area contributed by atoms with Gasteiger partial charge in [-0.15, -0.1) is 0 Å². The van der Waals surface area contributed by atoms with Gasteiger partial charge in [0.15, 0.2) is 0 Å². The summed E-state index contributed by atoms with van der Waals surface area (Å²) in [6.45, 7) is 0. The van der Waals surface area contributed by atoms with Crippen molar-refractivity contribution >= 4 is 0 Å². The molecule has 2 heterocycles. The number of nitriles is 1. The summed E-state index contributed by atoms with van der Waals surface area (Å²) in [4.78, 5) is 4.16. The maximum absolute atomic E-state index is 8.89. The van der Waals surface area contributed by atoms with Crippen molar-refractivity contribution in [3.05, 3.63) is 53.6 Å². The number of aryl methyl sites for hydroxylation is 1. The first kappa shape index (κ1) is 9.17. The largest absolute Gasteiger partial charge is 0.327 e. The van der Waals surface area contributed by atoms with Crippen LogP contribution in [0.4, 0.5) is 0 Å². The highest BCUT2D eigenvalue weighted by molar-refractivity contribution is 5.35. The number of nitrogens with zero attached hydrogens (tertiary/aromatic N) is 3. The molecule has 0 bridgehead atoms. The molecule has 0 radical (unpaired) electrons. The lowest BCUT2D eigenvalue weighted by Gasteiger charge is -2.13. The number of hydrogen-bond acceptors (Lipinski definition) is 2. The van der Waals surface area contributed by atoms with Crippen molar-refractivity contribution in [2.45, 2.75) is 18.9 Å². The fraction of sp³-hybridized carbons (Fsp3) is 0.231. The summed E-state index contributed by atoms with van der Waals surface area (Å²) < 4.78 is 2.20. The number of hydrogen-bond donors (Lipinski definition) is 0. The van der Waals surface area contributed by atoms with Crippen LogP contribution in [0, 0.1) is 11.3 Å². The summed E-state index contributed by atoms with van der Waals surface area (Å²) in [5.41, 5.74) is 3.22. The normalized spacial score (nSPS) is 18.1. The van der Waals surface area contributed by atoms with Gasteiger partial charge in [0.1, 0.15) is 0 Å². The molecule has 1 aromatic carbocycles. The van der Waals surface area contributed by atoms with Gasteiger partial charge in [-0.25, -0.2) is 4.98 Å². The SMILES string of the molecule is N#Cc1cccc(C2CCc3cncn32)c1. The van der Waals surface area contributed by atoms with E-state index in [0.29, 0.717) is 6.04 Å². The molecule has 0 spiro atoms. The van der Waals surface area contributed by atoms with Gasteiger partial charge in [0.2, 0.25) is 0 Å². The second-order valence-electron chi connectivity index (χ2n) is 4.08. The summed E-state index contributed by atoms with van der Waals surface area (Å²) in [6, 6.07) is 10.4. The predicted octanol–water partition coefficient (Wildman–Crippen LogP) is 2.29. The first-order valence-corrected chi connectivity index (χ1v) is 5.39. The van der Waals surface area contributed by atoms with Gasteiger partial charge in [-0.05, 0) is 30.5 Å². The van der Waals surface area contributed by atoms with Crippen LogP contribution in [0.25, 0.3) is 0 Å². The van der Waals surface area contributed by atoms with Crippen LogP contribution in [0.2, 0.25) is 0 Å². The molecule has 0 fully saturated rings. The van der Waals surface area contributed by atoms with Crippen molar-refractivity contribution in [1.82, 2.24) is 9.55 Å². The number of aromatic nitrogens is 2. The number of imidazole rings is 1. The van der Waals surface area contributed by atoms with Gasteiger partial charge in [-0.1, -0.05) is 12.1 Å². The van der Waals surface area contributed by atoms with Gasteiger partial charge < -0.3 is 4.57 Å². The second kappa shape index (κ2) is 3.49. The van der Waals surface area contributed by atoms with Gasteiger partial charge in [-0.2, -0.15) is 5.26 Å². The Labute approximate surface area is 94.0 Å². The van der Waals surface area contributed by atoms with Crippen molar-refractivity contribution in [3.8, 4) is 6.07 Å². The van der Waals surface area contributed by atoms with Crippen LogP contribution >= 0.6 is 0 Å². The van der Waals surface area contributed by atoms with Gasteiger partial charge in [0, 0.05) is 11.9 Å². The Morgan fingerprint density at radius 1 is 1.44 bits per heavy atom. The fourth-order valence-corrected chi connectivity index (χ4v) is 2.37. The third-order valence-corrected chi connectivity index (χ3v) is 3.16. The predicted molar refractivity (Wildman–Crippen MR) is 59.8 cm³/mol. The van der Waals surface area contributed by atoms with Crippen molar-refractivity contribution in [2.75, 3.05) is 0 Å². The van der Waals surface area contributed by atoms with Crippen LogP contribution in [-0.2, 0) is 6.42 Å². The Bertz CT molecular complexity index is 563. The third-order valence-electron chi connectivity index (χ3n) is 3.16. The zero-order valence-corrected chi connectivity index (χ0v) is 8.80. The zero-order chi connectivity index (χ0) is 11.0. The van der Waals surface area contributed by atoms with E-state index in [1.165, 1.54) is 11.3 Å². The molecule has 0 amide bonds. The highest BCUT2D eigenvalue weighted by Gasteiger charge is 2.22. The number of fused-ring (bicyclic) bond motifs is 1. The lowest BCUT2D eigenvalue weighted by molar-refractivity contribution is 0.615. The van der Waals surface area contributed by atoms with Gasteiger partial charge in [0.25, 0.3) is 0 Å². The maximum Gasteiger partial charge on any atom is 0.0991 e. The molecule has 16 heavy (non-hydrogen) atoms. The molecule has 1 atom stereocenters. The smallest absolute Gasteiger partial charge is 0.0991 e. The summed E-state index contributed by atoms with van der Waals surface area (Å²) >= 11 is 0. The van der Waals surface area contributed by atoms with E-state index in [-0.39, 0.29) is 0 Å². The van der Waals surface area contributed by atoms with Crippen molar-refractivity contribution < 1.29 is 0 Å². The van der Waals surface area contributed by atoms with Crippen molar-refractivity contribution in [1.29, 1.82) is 5.26 Å². The molecular weight excluding hydrogens is 198 g/mol. The van der Waals surface area contributed by atoms with Crippen LogP contribution in [0.5, 0.6) is 0 Å². The Balaban J connectivity index is 2.03. The molecule has 3 rings (SSSR count). The topological polar surface area (TPSA) is 41.6 Å². The molecule has 3 heteroatoms. The molecule has 1 aliphatic heterocycles. The average molecular weight is 209 g/mol. The lowest BCUT2D eigenvalue weighted by atomic mass is 10.0. The van der Waals surface area contributed by atoms with Gasteiger partial charge in [-0.3, -0.25) is 0 Å². The van der Waals surface area contributed by atoms with E-state index < -0.39 is 0 Å².